The van der Waals surface area contributed by atoms with Gasteiger partial charge in [-0.15, -0.1) is 0 Å². The Morgan fingerprint density at radius 1 is 0.880 bits per heavy atom. The highest BCUT2D eigenvalue weighted by Gasteiger charge is 2.29. The first-order chi connectivity index (χ1) is 11.8. The number of carbonyl (C=O) groups is 2. The van der Waals surface area contributed by atoms with Crippen LogP contribution in [0.15, 0.2) is 39.5 Å². The number of aromatic carboxylic acids is 1. The summed E-state index contributed by atoms with van der Waals surface area (Å²) in [7, 11) is 0. The molecule has 0 saturated carbocycles. The van der Waals surface area contributed by atoms with Crippen molar-refractivity contribution in [3.63, 3.8) is 0 Å². The molecule has 0 saturated heterocycles. The minimum absolute atomic E-state index is 0.213. The molecule has 0 aliphatic carbocycles. The van der Waals surface area contributed by atoms with Crippen molar-refractivity contribution in [3.05, 3.63) is 67.3 Å². The standard InChI is InChI=1S/C14H6N2O9/c17-11(8-3-4-10(16(22)23)13-12(8)24-25-13)9-5-6(15(20)21)1-2-7(9)14(18)19/h1-5H,(H,18,19). The van der Waals surface area contributed by atoms with Gasteiger partial charge in [-0.05, 0) is 12.1 Å². The second-order valence-electron chi connectivity index (χ2n) is 4.84. The van der Waals surface area contributed by atoms with Crippen molar-refractivity contribution >= 4 is 34.3 Å². The Kier molecular flexibility index (Phi) is 3.53. The average molecular weight is 346 g/mol. The van der Waals surface area contributed by atoms with E-state index in [1.807, 2.05) is 0 Å². The fraction of sp³-hybridized carbons (Fsp3) is 0. The van der Waals surface area contributed by atoms with E-state index in [1.165, 1.54) is 0 Å². The highest BCUT2D eigenvalue weighted by atomic mass is 17.0. The minimum Gasteiger partial charge on any atom is -0.478 e. The number of rotatable bonds is 5. The number of benzene rings is 2. The molecule has 0 fully saturated rings. The minimum atomic E-state index is -1.46. The Labute approximate surface area is 136 Å². The Bertz CT molecular complexity index is 1060. The largest absolute Gasteiger partial charge is 0.478 e. The molecule has 0 atom stereocenters. The van der Waals surface area contributed by atoms with Crippen molar-refractivity contribution < 1.29 is 33.7 Å². The van der Waals surface area contributed by atoms with Crippen LogP contribution in [0, 0.1) is 20.2 Å². The number of carbonyl (C=O) groups excluding carboxylic acids is 1. The Morgan fingerprint density at radius 3 is 2.04 bits per heavy atom. The van der Waals surface area contributed by atoms with E-state index < -0.39 is 44.1 Å². The summed E-state index contributed by atoms with van der Waals surface area (Å²) in [6.07, 6.45) is 0. The lowest BCUT2D eigenvalue weighted by Crippen LogP contribution is -2.11. The topological polar surface area (TPSA) is 167 Å². The van der Waals surface area contributed by atoms with Crippen molar-refractivity contribution in [2.75, 3.05) is 0 Å². The van der Waals surface area contributed by atoms with Crippen LogP contribution in [0.25, 0.3) is 11.2 Å². The molecule has 11 nitrogen and oxygen atoms in total. The molecule has 126 valence electrons. The molecule has 0 amide bonds. The van der Waals surface area contributed by atoms with E-state index in [4.69, 9.17) is 0 Å². The number of hydrogen-bond acceptors (Lipinski definition) is 8. The van der Waals surface area contributed by atoms with Crippen LogP contribution in [0.5, 0.6) is 0 Å². The van der Waals surface area contributed by atoms with Crippen LogP contribution in [0.2, 0.25) is 0 Å². The average Bonchev–Trinajstić information content (AvgIpc) is 2.53. The molecule has 0 aliphatic rings. The number of hydrogen-bond donors (Lipinski definition) is 1. The SMILES string of the molecule is O=C(O)c1ccc([N+](=O)[O-])cc1C(=O)c1ccc([N+](=O)[O-])c2ooc12. The maximum absolute atomic E-state index is 12.6. The van der Waals surface area contributed by atoms with E-state index in [1.54, 1.807) is 0 Å². The van der Waals surface area contributed by atoms with Crippen molar-refractivity contribution in [2.24, 2.45) is 0 Å². The summed E-state index contributed by atoms with van der Waals surface area (Å²) in [5, 5.41) is 30.9. The second kappa shape index (κ2) is 5.56. The molecule has 0 aliphatic heterocycles. The zero-order chi connectivity index (χ0) is 18.3. The summed E-state index contributed by atoms with van der Waals surface area (Å²) < 4.78 is 9.13. The van der Waals surface area contributed by atoms with E-state index in [0.717, 1.165) is 30.3 Å². The zero-order valence-corrected chi connectivity index (χ0v) is 12.0. The van der Waals surface area contributed by atoms with E-state index in [9.17, 15) is 34.9 Å². The molecule has 2 aromatic carbocycles. The van der Waals surface area contributed by atoms with Crippen molar-refractivity contribution in [2.45, 2.75) is 0 Å². The smallest absolute Gasteiger partial charge is 0.336 e. The predicted molar refractivity (Wildman–Crippen MR) is 78.6 cm³/mol. The molecular weight excluding hydrogens is 340 g/mol. The predicted octanol–water partition coefficient (Wildman–Crippen LogP) is 2.77. The molecule has 3 rings (SSSR count). The van der Waals surface area contributed by atoms with Crippen molar-refractivity contribution in [3.8, 4) is 0 Å². The number of ketones is 1. The number of nitro benzene ring substituents is 2. The third kappa shape index (κ3) is 2.49. The van der Waals surface area contributed by atoms with Crippen LogP contribution in [-0.4, -0.2) is 26.7 Å². The van der Waals surface area contributed by atoms with E-state index in [2.05, 4.69) is 9.15 Å². The summed E-state index contributed by atoms with van der Waals surface area (Å²) in [6.45, 7) is 0. The Balaban J connectivity index is 2.18. The molecule has 3 aromatic rings. The lowest BCUT2D eigenvalue weighted by atomic mass is 9.97. The Hall–Kier alpha value is -4.02. The maximum atomic E-state index is 12.6. The van der Waals surface area contributed by atoms with Gasteiger partial charge in [-0.2, -0.15) is 0 Å². The van der Waals surface area contributed by atoms with Gasteiger partial charge in [0.25, 0.3) is 5.69 Å². The number of non-ortho nitro benzene ring substituents is 2. The zero-order valence-electron chi connectivity index (χ0n) is 12.0. The molecule has 11 heteroatoms. The third-order valence-electron chi connectivity index (χ3n) is 3.43. The summed E-state index contributed by atoms with van der Waals surface area (Å²) >= 11 is 0. The van der Waals surface area contributed by atoms with Gasteiger partial charge in [-0.25, -0.2) is 4.79 Å². The molecule has 25 heavy (non-hydrogen) atoms. The van der Waals surface area contributed by atoms with Crippen LogP contribution >= 0.6 is 0 Å². The Morgan fingerprint density at radius 2 is 1.52 bits per heavy atom. The molecule has 0 bridgehead atoms. The summed E-state index contributed by atoms with van der Waals surface area (Å²) in [5.41, 5.74) is -2.55. The summed E-state index contributed by atoms with van der Waals surface area (Å²) in [6, 6.07) is 4.76. The van der Waals surface area contributed by atoms with Crippen LogP contribution < -0.4 is 0 Å². The first-order valence-corrected chi connectivity index (χ1v) is 6.53. The number of fused-ring (bicyclic) bond motifs is 1. The monoisotopic (exact) mass is 346 g/mol. The van der Waals surface area contributed by atoms with E-state index in [0.29, 0.717) is 0 Å². The fourth-order valence-corrected chi connectivity index (χ4v) is 2.25. The molecule has 0 unspecified atom stereocenters. The van der Waals surface area contributed by atoms with Crippen LogP contribution in [0.1, 0.15) is 26.3 Å². The van der Waals surface area contributed by atoms with Gasteiger partial charge in [-0.3, -0.25) is 34.2 Å². The van der Waals surface area contributed by atoms with Gasteiger partial charge in [-0.1, -0.05) is 0 Å². The van der Waals surface area contributed by atoms with Gasteiger partial charge in [0.2, 0.25) is 5.58 Å². The lowest BCUT2D eigenvalue weighted by molar-refractivity contribution is -0.384. The highest BCUT2D eigenvalue weighted by molar-refractivity contribution is 6.19. The van der Waals surface area contributed by atoms with Crippen molar-refractivity contribution in [1.82, 2.24) is 0 Å². The van der Waals surface area contributed by atoms with Gasteiger partial charge in [0.1, 0.15) is 0 Å². The first-order valence-electron chi connectivity index (χ1n) is 6.53. The van der Waals surface area contributed by atoms with Gasteiger partial charge in [0.05, 0.1) is 21.0 Å². The van der Waals surface area contributed by atoms with Crippen LogP contribution in [0.4, 0.5) is 11.4 Å². The van der Waals surface area contributed by atoms with Gasteiger partial charge in [0.15, 0.2) is 5.78 Å². The number of nitrogens with zero attached hydrogens (tertiary/aromatic N) is 2. The molecular formula is C14H6N2O9. The maximum Gasteiger partial charge on any atom is 0.336 e. The van der Waals surface area contributed by atoms with Gasteiger partial charge >= 0.3 is 17.2 Å². The quantitative estimate of drug-likeness (QED) is 0.316. The highest BCUT2D eigenvalue weighted by Crippen LogP contribution is 2.33. The number of carboxylic acids is 1. The number of carboxylic acid groups (broad SMARTS) is 1. The van der Waals surface area contributed by atoms with Gasteiger partial charge in [0, 0.05) is 23.8 Å². The molecule has 1 heterocycles. The van der Waals surface area contributed by atoms with Crippen molar-refractivity contribution in [1.29, 1.82) is 0 Å². The molecule has 0 spiro atoms. The fourth-order valence-electron chi connectivity index (χ4n) is 2.25. The third-order valence-corrected chi connectivity index (χ3v) is 3.43. The number of nitro groups is 2. The van der Waals surface area contributed by atoms with Gasteiger partial charge < -0.3 is 5.11 Å². The van der Waals surface area contributed by atoms with E-state index >= 15 is 0 Å². The molecule has 1 N–H and O–H groups in total. The molecule has 0 radical (unpaired) electrons. The summed E-state index contributed by atoms with van der Waals surface area (Å²) in [5.74, 6) is -2.37. The lowest BCUT2D eigenvalue weighted by Gasteiger charge is -2.08. The second-order valence-corrected chi connectivity index (χ2v) is 4.84. The van der Waals surface area contributed by atoms with E-state index in [-0.39, 0.29) is 16.7 Å². The normalized spacial score (nSPS) is 10.7. The first kappa shape index (κ1) is 15.9. The van der Waals surface area contributed by atoms with Crippen LogP contribution in [-0.2, 0) is 0 Å². The summed E-state index contributed by atoms with van der Waals surface area (Å²) in [4.78, 5) is 44.1. The van der Waals surface area contributed by atoms with Crippen LogP contribution in [0.3, 0.4) is 0 Å². The molecule has 1 aromatic heterocycles.